The van der Waals surface area contributed by atoms with Gasteiger partial charge < -0.3 is 9.80 Å². The van der Waals surface area contributed by atoms with E-state index in [1.165, 1.54) is 37.7 Å². The zero-order valence-corrected chi connectivity index (χ0v) is 20.7. The molecule has 2 fully saturated rings. The average molecular weight is 445 g/mol. The molecule has 3 nitrogen and oxygen atoms in total. The highest BCUT2D eigenvalue weighted by Crippen LogP contribution is 2.50. The summed E-state index contributed by atoms with van der Waals surface area (Å²) < 4.78 is 0. The lowest BCUT2D eigenvalue weighted by Gasteiger charge is -2.53. The molecule has 4 rings (SSSR count). The minimum absolute atomic E-state index is 0.0795. The largest absolute Gasteiger partial charge is 0.332 e. The summed E-state index contributed by atoms with van der Waals surface area (Å²) in [5.74, 6) is 0.945. The molecular weight excluding hydrogens is 404 g/mol. The first-order valence-corrected chi connectivity index (χ1v) is 12.7. The summed E-state index contributed by atoms with van der Waals surface area (Å²) in [6.07, 6.45) is 14.8. The maximum Gasteiger partial charge on any atom is 0.247 e. The van der Waals surface area contributed by atoms with Crippen LogP contribution in [-0.4, -0.2) is 42.4 Å². The van der Waals surface area contributed by atoms with Gasteiger partial charge in [0.25, 0.3) is 0 Å². The molecule has 0 saturated heterocycles. The normalized spacial score (nSPS) is 26.2. The van der Waals surface area contributed by atoms with Crippen LogP contribution in [-0.2, 0) is 10.3 Å². The highest BCUT2D eigenvalue weighted by Gasteiger charge is 2.48. The zero-order valence-electron chi connectivity index (χ0n) is 20.7. The molecule has 0 aromatic heterocycles. The molecule has 2 aromatic rings. The molecule has 0 N–H and O–H groups in total. The van der Waals surface area contributed by atoms with Crippen LogP contribution in [0.2, 0.25) is 0 Å². The Morgan fingerprint density at radius 2 is 1.45 bits per heavy atom. The van der Waals surface area contributed by atoms with Crippen LogP contribution in [0.5, 0.6) is 0 Å². The van der Waals surface area contributed by atoms with E-state index < -0.39 is 0 Å². The van der Waals surface area contributed by atoms with Crippen molar-refractivity contribution < 1.29 is 4.79 Å². The summed E-state index contributed by atoms with van der Waals surface area (Å²) in [5, 5.41) is 0. The Balaban J connectivity index is 1.58. The van der Waals surface area contributed by atoms with Gasteiger partial charge >= 0.3 is 0 Å². The van der Waals surface area contributed by atoms with E-state index in [2.05, 4.69) is 49.3 Å². The van der Waals surface area contributed by atoms with Crippen LogP contribution in [0, 0.1) is 5.92 Å². The predicted molar refractivity (Wildman–Crippen MR) is 138 cm³/mol. The van der Waals surface area contributed by atoms with Crippen molar-refractivity contribution in [3.8, 4) is 0 Å². The van der Waals surface area contributed by atoms with Gasteiger partial charge in [-0.05, 0) is 69.3 Å². The number of carbonyl (C=O) groups excluding carboxylic acids is 1. The molecule has 0 atom stereocenters. The molecule has 3 heteroatoms. The molecular formula is C30H40N2O. The first kappa shape index (κ1) is 23.8. The minimum atomic E-state index is -0.255. The van der Waals surface area contributed by atoms with Crippen molar-refractivity contribution in [1.29, 1.82) is 0 Å². The SMILES string of the molecule is CN(C)C1(CC2CCCC2)CCC(c2ccccc2)(N(C)C(=O)C=Cc2ccccc2)CC1. The maximum absolute atomic E-state index is 13.4. The van der Waals surface area contributed by atoms with Gasteiger partial charge in [0, 0.05) is 18.7 Å². The van der Waals surface area contributed by atoms with Gasteiger partial charge in [-0.25, -0.2) is 0 Å². The summed E-state index contributed by atoms with van der Waals surface area (Å²) in [6.45, 7) is 0. The van der Waals surface area contributed by atoms with E-state index in [1.807, 2.05) is 48.4 Å². The second-order valence-corrected chi connectivity index (χ2v) is 10.5. The van der Waals surface area contributed by atoms with Gasteiger partial charge in [0.2, 0.25) is 5.91 Å². The molecule has 0 radical (unpaired) electrons. The molecule has 0 heterocycles. The van der Waals surface area contributed by atoms with Crippen molar-refractivity contribution in [2.24, 2.45) is 5.92 Å². The standard InChI is InChI=1S/C30H40N2O/c1-31(2)29(24-26-14-10-11-15-26)20-22-30(23-21-29,27-16-8-5-9-17-27)32(3)28(33)19-18-25-12-6-4-7-13-25/h4-9,12-13,16-19,26H,10-11,14-15,20-24H2,1-3H3. The predicted octanol–water partition coefficient (Wildman–Crippen LogP) is 6.51. The first-order chi connectivity index (χ1) is 16.0. The van der Waals surface area contributed by atoms with E-state index in [-0.39, 0.29) is 17.0 Å². The van der Waals surface area contributed by atoms with Gasteiger partial charge in [-0.3, -0.25) is 4.79 Å². The van der Waals surface area contributed by atoms with Crippen LogP contribution < -0.4 is 0 Å². The maximum atomic E-state index is 13.4. The molecule has 0 bridgehead atoms. The van der Waals surface area contributed by atoms with Crippen LogP contribution >= 0.6 is 0 Å². The fraction of sp³-hybridized carbons (Fsp3) is 0.500. The second kappa shape index (κ2) is 10.3. The smallest absolute Gasteiger partial charge is 0.247 e. The Morgan fingerprint density at radius 3 is 2.03 bits per heavy atom. The van der Waals surface area contributed by atoms with E-state index in [9.17, 15) is 4.79 Å². The topological polar surface area (TPSA) is 23.6 Å². The van der Waals surface area contributed by atoms with Gasteiger partial charge in [0.15, 0.2) is 0 Å². The van der Waals surface area contributed by atoms with Crippen molar-refractivity contribution in [1.82, 2.24) is 9.80 Å². The molecule has 0 unspecified atom stereocenters. The summed E-state index contributed by atoms with van der Waals surface area (Å²) in [5.41, 5.74) is 2.31. The van der Waals surface area contributed by atoms with Crippen molar-refractivity contribution >= 4 is 12.0 Å². The number of rotatable bonds is 7. The number of likely N-dealkylation sites (N-methyl/N-ethyl adjacent to an activating group) is 1. The van der Waals surface area contributed by atoms with Crippen LogP contribution in [0.15, 0.2) is 66.7 Å². The van der Waals surface area contributed by atoms with E-state index in [0.717, 1.165) is 37.2 Å². The third-order valence-corrected chi connectivity index (χ3v) is 8.60. The Hall–Kier alpha value is -2.39. The van der Waals surface area contributed by atoms with Crippen LogP contribution in [0.25, 0.3) is 6.08 Å². The monoisotopic (exact) mass is 444 g/mol. The second-order valence-electron chi connectivity index (χ2n) is 10.5. The fourth-order valence-electron chi connectivity index (χ4n) is 6.34. The zero-order chi connectivity index (χ0) is 23.3. The average Bonchev–Trinajstić information content (AvgIpc) is 3.36. The van der Waals surface area contributed by atoms with E-state index in [1.54, 1.807) is 6.08 Å². The Bertz CT molecular complexity index is 920. The molecule has 2 aliphatic rings. The lowest BCUT2D eigenvalue weighted by atomic mass is 9.65. The Labute approximate surface area is 200 Å². The Morgan fingerprint density at radius 1 is 0.879 bits per heavy atom. The lowest BCUT2D eigenvalue weighted by Crippen LogP contribution is -2.56. The van der Waals surface area contributed by atoms with Crippen molar-refractivity contribution in [3.63, 3.8) is 0 Å². The number of hydrogen-bond acceptors (Lipinski definition) is 2. The molecule has 176 valence electrons. The van der Waals surface area contributed by atoms with Gasteiger partial charge in [0.1, 0.15) is 0 Å². The van der Waals surface area contributed by atoms with Gasteiger partial charge in [-0.2, -0.15) is 0 Å². The van der Waals surface area contributed by atoms with E-state index >= 15 is 0 Å². The number of hydrogen-bond donors (Lipinski definition) is 0. The highest BCUT2D eigenvalue weighted by molar-refractivity contribution is 5.92. The van der Waals surface area contributed by atoms with Crippen LogP contribution in [0.1, 0.15) is 68.9 Å². The number of benzene rings is 2. The summed E-state index contributed by atoms with van der Waals surface area (Å²) in [6, 6.07) is 20.8. The van der Waals surface area contributed by atoms with E-state index in [4.69, 9.17) is 0 Å². The number of nitrogens with zero attached hydrogens (tertiary/aromatic N) is 2. The molecule has 2 saturated carbocycles. The quantitative estimate of drug-likeness (QED) is 0.455. The van der Waals surface area contributed by atoms with Gasteiger partial charge in [0.05, 0.1) is 5.54 Å². The van der Waals surface area contributed by atoms with Crippen molar-refractivity contribution in [2.75, 3.05) is 21.1 Å². The van der Waals surface area contributed by atoms with Crippen LogP contribution in [0.3, 0.4) is 0 Å². The molecule has 0 aliphatic heterocycles. The third kappa shape index (κ3) is 5.09. The van der Waals surface area contributed by atoms with E-state index in [0.29, 0.717) is 0 Å². The number of carbonyl (C=O) groups is 1. The summed E-state index contributed by atoms with van der Waals surface area (Å²) in [4.78, 5) is 17.9. The van der Waals surface area contributed by atoms with Crippen molar-refractivity contribution in [3.05, 3.63) is 77.9 Å². The molecule has 2 aromatic carbocycles. The van der Waals surface area contributed by atoms with Crippen LogP contribution in [0.4, 0.5) is 0 Å². The molecule has 33 heavy (non-hydrogen) atoms. The Kier molecular flexibility index (Phi) is 7.38. The van der Waals surface area contributed by atoms with Gasteiger partial charge in [-0.1, -0.05) is 86.3 Å². The lowest BCUT2D eigenvalue weighted by molar-refractivity contribution is -0.134. The number of amides is 1. The fourth-order valence-corrected chi connectivity index (χ4v) is 6.34. The highest BCUT2D eigenvalue weighted by atomic mass is 16.2. The van der Waals surface area contributed by atoms with Crippen molar-refractivity contribution in [2.45, 2.75) is 68.9 Å². The third-order valence-electron chi connectivity index (χ3n) is 8.60. The first-order valence-electron chi connectivity index (χ1n) is 12.7. The molecule has 1 amide bonds. The minimum Gasteiger partial charge on any atom is -0.332 e. The molecule has 0 spiro atoms. The molecule has 2 aliphatic carbocycles. The summed E-state index contributed by atoms with van der Waals surface area (Å²) in [7, 11) is 6.54. The summed E-state index contributed by atoms with van der Waals surface area (Å²) >= 11 is 0. The van der Waals surface area contributed by atoms with Gasteiger partial charge in [-0.15, -0.1) is 0 Å².